The third kappa shape index (κ3) is 3.10. The van der Waals surface area contributed by atoms with Gasteiger partial charge in [-0.3, -0.25) is 0 Å². The molecule has 2 aromatic carbocycles. The van der Waals surface area contributed by atoms with Gasteiger partial charge in [0.05, 0.1) is 0 Å². The Balaban J connectivity index is 2.42. The number of hydrogen-bond acceptors (Lipinski definition) is 1. The summed E-state index contributed by atoms with van der Waals surface area (Å²) in [6.07, 6.45) is 0.930. The zero-order valence-corrected chi connectivity index (χ0v) is 13.2. The maximum atomic E-state index is 13.9. The van der Waals surface area contributed by atoms with Gasteiger partial charge in [-0.15, -0.1) is 0 Å². The molecule has 0 saturated carbocycles. The molecule has 0 aliphatic rings. The second kappa shape index (κ2) is 6.51. The van der Waals surface area contributed by atoms with E-state index in [1.807, 2.05) is 18.2 Å². The molecule has 0 aliphatic heterocycles. The first-order valence-corrected chi connectivity index (χ1v) is 7.60. The van der Waals surface area contributed by atoms with Crippen LogP contribution in [-0.2, 0) is 12.8 Å². The fourth-order valence-electron chi connectivity index (χ4n) is 2.39. The van der Waals surface area contributed by atoms with Crippen molar-refractivity contribution < 1.29 is 9.50 Å². The monoisotopic (exact) mass is 336 g/mol. The van der Waals surface area contributed by atoms with Gasteiger partial charge in [-0.25, -0.2) is 4.39 Å². The van der Waals surface area contributed by atoms with E-state index in [9.17, 15) is 9.50 Å². The van der Waals surface area contributed by atoms with Crippen molar-refractivity contribution in [1.29, 1.82) is 0 Å². The van der Waals surface area contributed by atoms with Crippen molar-refractivity contribution in [3.8, 4) is 0 Å². The van der Waals surface area contributed by atoms with E-state index in [1.165, 1.54) is 17.2 Å². The van der Waals surface area contributed by atoms with E-state index in [0.717, 1.165) is 22.9 Å². The number of aliphatic hydroxyl groups excluding tert-OH is 1. The van der Waals surface area contributed by atoms with Gasteiger partial charge in [0, 0.05) is 10.0 Å². The number of halogens is 2. The lowest BCUT2D eigenvalue weighted by atomic mass is 9.95. The summed E-state index contributed by atoms with van der Waals surface area (Å²) in [7, 11) is 0. The smallest absolute Gasteiger partial charge is 0.129 e. The molecule has 0 amide bonds. The van der Waals surface area contributed by atoms with E-state index in [0.29, 0.717) is 5.56 Å². The van der Waals surface area contributed by atoms with Crippen LogP contribution in [0.25, 0.3) is 0 Å². The maximum absolute atomic E-state index is 13.9. The molecule has 2 rings (SSSR count). The summed E-state index contributed by atoms with van der Waals surface area (Å²) in [6.45, 7) is 4.20. The van der Waals surface area contributed by atoms with E-state index < -0.39 is 11.9 Å². The van der Waals surface area contributed by atoms with Crippen LogP contribution in [0.4, 0.5) is 4.39 Å². The SMILES string of the molecule is CCc1ccc(C(O)c2cc(Br)ccc2F)cc1CC. The molecule has 0 saturated heterocycles. The van der Waals surface area contributed by atoms with Crippen molar-refractivity contribution >= 4 is 15.9 Å². The predicted molar refractivity (Wildman–Crippen MR) is 83.4 cm³/mol. The minimum Gasteiger partial charge on any atom is -0.384 e. The third-order valence-corrected chi connectivity index (χ3v) is 4.05. The summed E-state index contributed by atoms with van der Waals surface area (Å²) >= 11 is 3.31. The van der Waals surface area contributed by atoms with Gasteiger partial charge in [-0.05, 0) is 47.7 Å². The molecule has 0 aromatic heterocycles. The number of benzene rings is 2. The number of aryl methyl sites for hydroxylation is 2. The molecular formula is C17H18BrFO. The van der Waals surface area contributed by atoms with Crippen LogP contribution in [0.5, 0.6) is 0 Å². The van der Waals surface area contributed by atoms with Gasteiger partial charge in [0.25, 0.3) is 0 Å². The highest BCUT2D eigenvalue weighted by atomic mass is 79.9. The van der Waals surface area contributed by atoms with E-state index in [1.54, 1.807) is 12.1 Å². The van der Waals surface area contributed by atoms with Gasteiger partial charge in [0.2, 0.25) is 0 Å². The molecule has 1 N–H and O–H groups in total. The van der Waals surface area contributed by atoms with Crippen molar-refractivity contribution in [2.45, 2.75) is 32.8 Å². The molecule has 0 aliphatic carbocycles. The minimum absolute atomic E-state index is 0.297. The lowest BCUT2D eigenvalue weighted by Crippen LogP contribution is -2.04. The van der Waals surface area contributed by atoms with Crippen LogP contribution in [0.15, 0.2) is 40.9 Å². The molecule has 3 heteroatoms. The summed E-state index contributed by atoms with van der Waals surface area (Å²) in [5.74, 6) is -0.390. The standard InChI is InChI=1S/C17H18BrFO/c1-3-11-5-6-13(9-12(11)4-2)17(20)15-10-14(18)7-8-16(15)19/h5-10,17,20H,3-4H2,1-2H3. The van der Waals surface area contributed by atoms with Crippen LogP contribution in [0.2, 0.25) is 0 Å². The van der Waals surface area contributed by atoms with E-state index in [2.05, 4.69) is 29.8 Å². The molecule has 1 nitrogen and oxygen atoms in total. The molecule has 0 fully saturated rings. The fourth-order valence-corrected chi connectivity index (χ4v) is 2.77. The molecule has 106 valence electrons. The van der Waals surface area contributed by atoms with Gasteiger partial charge >= 0.3 is 0 Å². The van der Waals surface area contributed by atoms with Crippen LogP contribution in [0, 0.1) is 5.82 Å². The molecule has 0 bridgehead atoms. The summed E-state index contributed by atoms with van der Waals surface area (Å²) in [4.78, 5) is 0. The molecule has 1 unspecified atom stereocenters. The zero-order chi connectivity index (χ0) is 14.7. The summed E-state index contributed by atoms with van der Waals surface area (Å²) in [6, 6.07) is 10.5. The lowest BCUT2D eigenvalue weighted by molar-refractivity contribution is 0.215. The van der Waals surface area contributed by atoms with Crippen LogP contribution in [-0.4, -0.2) is 5.11 Å². The van der Waals surface area contributed by atoms with Crippen molar-refractivity contribution in [2.24, 2.45) is 0 Å². The Labute approximate surface area is 127 Å². The van der Waals surface area contributed by atoms with Gasteiger partial charge in [-0.1, -0.05) is 48.0 Å². The first kappa shape index (κ1) is 15.2. The molecule has 0 spiro atoms. The Hall–Kier alpha value is -1.19. The summed E-state index contributed by atoms with van der Waals surface area (Å²) < 4.78 is 14.6. The normalized spacial score (nSPS) is 12.4. The van der Waals surface area contributed by atoms with E-state index in [-0.39, 0.29) is 0 Å². The quantitative estimate of drug-likeness (QED) is 0.850. The predicted octanol–water partition coefficient (Wildman–Crippen LogP) is 4.79. The maximum Gasteiger partial charge on any atom is 0.129 e. The van der Waals surface area contributed by atoms with Crippen molar-refractivity contribution in [1.82, 2.24) is 0 Å². The van der Waals surface area contributed by atoms with Crippen LogP contribution >= 0.6 is 15.9 Å². The Kier molecular flexibility index (Phi) is 4.95. The molecule has 0 radical (unpaired) electrons. The highest BCUT2D eigenvalue weighted by Crippen LogP contribution is 2.28. The first-order chi connectivity index (χ1) is 9.56. The Bertz CT molecular complexity index is 610. The molecule has 0 heterocycles. The van der Waals surface area contributed by atoms with Crippen molar-refractivity contribution in [3.05, 3.63) is 68.9 Å². The Morgan fingerprint density at radius 1 is 1.05 bits per heavy atom. The van der Waals surface area contributed by atoms with Gasteiger partial charge < -0.3 is 5.11 Å². The molecule has 1 atom stereocenters. The topological polar surface area (TPSA) is 20.2 Å². The zero-order valence-electron chi connectivity index (χ0n) is 11.7. The number of rotatable bonds is 4. The summed E-state index contributed by atoms with van der Waals surface area (Å²) in [5, 5.41) is 10.4. The third-order valence-electron chi connectivity index (χ3n) is 3.56. The first-order valence-electron chi connectivity index (χ1n) is 6.81. The number of hydrogen-bond donors (Lipinski definition) is 1. The average molecular weight is 337 g/mol. The largest absolute Gasteiger partial charge is 0.384 e. The summed E-state index contributed by atoms with van der Waals surface area (Å²) in [5.41, 5.74) is 3.51. The van der Waals surface area contributed by atoms with Gasteiger partial charge in [0.1, 0.15) is 11.9 Å². The van der Waals surface area contributed by atoms with Gasteiger partial charge in [0.15, 0.2) is 0 Å². The average Bonchev–Trinajstić information content (AvgIpc) is 2.48. The molecule has 2 aromatic rings. The van der Waals surface area contributed by atoms with E-state index >= 15 is 0 Å². The van der Waals surface area contributed by atoms with Crippen molar-refractivity contribution in [2.75, 3.05) is 0 Å². The fraction of sp³-hybridized carbons (Fsp3) is 0.294. The number of aliphatic hydroxyl groups is 1. The highest BCUT2D eigenvalue weighted by molar-refractivity contribution is 9.10. The van der Waals surface area contributed by atoms with Crippen LogP contribution < -0.4 is 0 Å². The van der Waals surface area contributed by atoms with Crippen LogP contribution in [0.3, 0.4) is 0 Å². The second-order valence-corrected chi connectivity index (χ2v) is 5.72. The Morgan fingerprint density at radius 2 is 1.75 bits per heavy atom. The van der Waals surface area contributed by atoms with Crippen LogP contribution in [0.1, 0.15) is 42.2 Å². The Morgan fingerprint density at radius 3 is 2.40 bits per heavy atom. The van der Waals surface area contributed by atoms with Gasteiger partial charge in [-0.2, -0.15) is 0 Å². The lowest BCUT2D eigenvalue weighted by Gasteiger charge is -2.15. The minimum atomic E-state index is -0.941. The highest BCUT2D eigenvalue weighted by Gasteiger charge is 2.16. The second-order valence-electron chi connectivity index (χ2n) is 4.80. The van der Waals surface area contributed by atoms with Crippen molar-refractivity contribution in [3.63, 3.8) is 0 Å². The molecule has 20 heavy (non-hydrogen) atoms. The molecular weight excluding hydrogens is 319 g/mol. The van der Waals surface area contributed by atoms with E-state index in [4.69, 9.17) is 0 Å².